The molecule has 6 nitrogen and oxygen atoms in total. The van der Waals surface area contributed by atoms with Crippen molar-refractivity contribution in [2.24, 2.45) is 0 Å². The molecule has 1 aliphatic rings. The summed E-state index contributed by atoms with van der Waals surface area (Å²) in [6.07, 6.45) is 2.34. The number of carboxylic acids is 1. The van der Waals surface area contributed by atoms with Gasteiger partial charge in [-0.2, -0.15) is 0 Å². The average molecular weight is 488 g/mol. The standard InChI is InChI=1S/C29H30FN3O3/c1-33(2)15-5-8-19-7-4-10-23(17-19)31-28(21-9-3-6-20(16-21)11-14-26(34)35)27-24-13-12-22(30)18-25(24)32-29(27)36/h3-4,6-7,9-10,12-13,16-18,31H,5,8,11,14-15H2,1-2H3,(H,32,36)(H,34,35). The lowest BCUT2D eigenvalue weighted by molar-refractivity contribution is -0.137. The first-order chi connectivity index (χ1) is 17.3. The minimum absolute atomic E-state index is 0.0143. The molecule has 0 radical (unpaired) electrons. The van der Waals surface area contributed by atoms with Gasteiger partial charge in [0.05, 0.1) is 17.0 Å². The van der Waals surface area contributed by atoms with Crippen LogP contribution in [0.3, 0.4) is 0 Å². The van der Waals surface area contributed by atoms with Gasteiger partial charge in [0.15, 0.2) is 0 Å². The maximum absolute atomic E-state index is 13.9. The van der Waals surface area contributed by atoms with Gasteiger partial charge < -0.3 is 20.6 Å². The maximum Gasteiger partial charge on any atom is 0.303 e. The Morgan fingerprint density at radius 2 is 1.75 bits per heavy atom. The van der Waals surface area contributed by atoms with E-state index in [4.69, 9.17) is 5.11 Å². The molecule has 1 heterocycles. The molecule has 0 bridgehead atoms. The second-order valence-corrected chi connectivity index (χ2v) is 9.22. The van der Waals surface area contributed by atoms with Crippen LogP contribution in [0.25, 0.3) is 11.3 Å². The number of carbonyl (C=O) groups is 2. The molecule has 0 unspecified atom stereocenters. The molecule has 36 heavy (non-hydrogen) atoms. The molecule has 0 saturated carbocycles. The number of nitrogens with zero attached hydrogens (tertiary/aromatic N) is 1. The van der Waals surface area contributed by atoms with E-state index in [0.29, 0.717) is 28.9 Å². The van der Waals surface area contributed by atoms with E-state index in [1.807, 2.05) is 36.4 Å². The van der Waals surface area contributed by atoms with E-state index < -0.39 is 11.8 Å². The Morgan fingerprint density at radius 3 is 2.50 bits per heavy atom. The van der Waals surface area contributed by atoms with Crippen LogP contribution in [0.4, 0.5) is 15.8 Å². The first-order valence-corrected chi connectivity index (χ1v) is 12.0. The number of hydrogen-bond donors (Lipinski definition) is 3. The zero-order chi connectivity index (χ0) is 25.7. The second kappa shape index (κ2) is 11.2. The fraction of sp³-hybridized carbons (Fsp3) is 0.241. The lowest BCUT2D eigenvalue weighted by Crippen LogP contribution is -2.13. The molecule has 1 amide bonds. The number of rotatable bonds is 10. The fourth-order valence-electron chi connectivity index (χ4n) is 4.35. The monoisotopic (exact) mass is 487 g/mol. The predicted molar refractivity (Wildman–Crippen MR) is 141 cm³/mol. The Bertz CT molecular complexity index is 1320. The summed E-state index contributed by atoms with van der Waals surface area (Å²) in [5.74, 6) is -1.61. The van der Waals surface area contributed by atoms with Crippen molar-refractivity contribution in [3.05, 3.63) is 94.8 Å². The quantitative estimate of drug-likeness (QED) is 0.340. The lowest BCUT2D eigenvalue weighted by Gasteiger charge is -2.17. The third-order valence-electron chi connectivity index (χ3n) is 6.09. The summed E-state index contributed by atoms with van der Waals surface area (Å²) >= 11 is 0. The summed E-state index contributed by atoms with van der Waals surface area (Å²) in [6.45, 7) is 0.990. The highest BCUT2D eigenvalue weighted by Gasteiger charge is 2.29. The van der Waals surface area contributed by atoms with E-state index in [2.05, 4.69) is 41.8 Å². The highest BCUT2D eigenvalue weighted by molar-refractivity contribution is 6.37. The molecule has 3 N–H and O–H groups in total. The molecule has 4 rings (SSSR count). The smallest absolute Gasteiger partial charge is 0.303 e. The number of fused-ring (bicyclic) bond motifs is 1. The molecule has 0 atom stereocenters. The van der Waals surface area contributed by atoms with E-state index in [0.717, 1.165) is 36.2 Å². The van der Waals surface area contributed by atoms with Gasteiger partial charge in [0, 0.05) is 17.7 Å². The van der Waals surface area contributed by atoms with Gasteiger partial charge in [-0.3, -0.25) is 9.59 Å². The van der Waals surface area contributed by atoms with Crippen molar-refractivity contribution in [1.29, 1.82) is 0 Å². The lowest BCUT2D eigenvalue weighted by atomic mass is 9.97. The first-order valence-electron chi connectivity index (χ1n) is 12.0. The van der Waals surface area contributed by atoms with Gasteiger partial charge in [0.2, 0.25) is 0 Å². The van der Waals surface area contributed by atoms with E-state index >= 15 is 0 Å². The summed E-state index contributed by atoms with van der Waals surface area (Å²) in [5, 5.41) is 15.3. The van der Waals surface area contributed by atoms with E-state index in [1.165, 1.54) is 17.7 Å². The Labute approximate surface area is 210 Å². The summed E-state index contributed by atoms with van der Waals surface area (Å²) in [4.78, 5) is 26.3. The minimum atomic E-state index is -0.866. The first kappa shape index (κ1) is 25.1. The second-order valence-electron chi connectivity index (χ2n) is 9.22. The number of aliphatic carboxylic acids is 1. The van der Waals surface area contributed by atoms with Crippen LogP contribution < -0.4 is 10.6 Å². The minimum Gasteiger partial charge on any atom is -0.481 e. The van der Waals surface area contributed by atoms with Gasteiger partial charge in [-0.1, -0.05) is 30.3 Å². The number of aryl methyl sites for hydroxylation is 2. The summed E-state index contributed by atoms with van der Waals surface area (Å²) in [5.41, 5.74) is 5.65. The number of nitrogens with one attached hydrogen (secondary N) is 2. The van der Waals surface area contributed by atoms with Crippen molar-refractivity contribution in [1.82, 2.24) is 4.90 Å². The van der Waals surface area contributed by atoms with Crippen LogP contribution in [0.1, 0.15) is 35.1 Å². The Morgan fingerprint density at radius 1 is 1.00 bits per heavy atom. The van der Waals surface area contributed by atoms with Crippen LogP contribution in [0, 0.1) is 5.82 Å². The van der Waals surface area contributed by atoms with Gasteiger partial charge in [-0.25, -0.2) is 4.39 Å². The van der Waals surface area contributed by atoms with Crippen molar-refractivity contribution in [3.8, 4) is 0 Å². The summed E-state index contributed by atoms with van der Waals surface area (Å²) < 4.78 is 13.9. The molecule has 3 aromatic rings. The molecular weight excluding hydrogens is 457 g/mol. The zero-order valence-electron chi connectivity index (χ0n) is 20.5. The van der Waals surface area contributed by atoms with Crippen molar-refractivity contribution in [2.75, 3.05) is 31.3 Å². The normalized spacial score (nSPS) is 13.9. The van der Waals surface area contributed by atoms with E-state index in [9.17, 15) is 14.0 Å². The number of hydrogen-bond acceptors (Lipinski definition) is 4. The van der Waals surface area contributed by atoms with Gasteiger partial charge in [0.1, 0.15) is 5.82 Å². The Hall–Kier alpha value is -3.97. The average Bonchev–Trinajstić information content (AvgIpc) is 3.16. The summed E-state index contributed by atoms with van der Waals surface area (Å²) in [7, 11) is 4.11. The summed E-state index contributed by atoms with van der Waals surface area (Å²) in [6, 6.07) is 19.8. The number of carbonyl (C=O) groups excluding carboxylic acids is 1. The largest absolute Gasteiger partial charge is 0.481 e. The number of carboxylic acid groups (broad SMARTS) is 1. The number of anilines is 2. The SMILES string of the molecule is CN(C)CCCc1cccc(NC(=C2C(=O)Nc3cc(F)ccc32)c2cccc(CCC(=O)O)c2)c1. The number of amides is 1. The highest BCUT2D eigenvalue weighted by Crippen LogP contribution is 2.38. The molecule has 0 saturated heterocycles. The molecule has 0 fully saturated rings. The van der Waals surface area contributed by atoms with Crippen molar-refractivity contribution < 1.29 is 19.1 Å². The van der Waals surface area contributed by atoms with Crippen molar-refractivity contribution in [3.63, 3.8) is 0 Å². The van der Waals surface area contributed by atoms with Gasteiger partial charge in [0.25, 0.3) is 5.91 Å². The Kier molecular flexibility index (Phi) is 7.80. The Balaban J connectivity index is 1.75. The van der Waals surface area contributed by atoms with Crippen LogP contribution in [-0.4, -0.2) is 42.5 Å². The van der Waals surface area contributed by atoms with Gasteiger partial charge in [-0.15, -0.1) is 0 Å². The van der Waals surface area contributed by atoms with E-state index in [1.54, 1.807) is 6.07 Å². The van der Waals surface area contributed by atoms with Crippen LogP contribution >= 0.6 is 0 Å². The molecule has 1 aliphatic heterocycles. The zero-order valence-corrected chi connectivity index (χ0v) is 20.5. The molecule has 7 heteroatoms. The highest BCUT2D eigenvalue weighted by atomic mass is 19.1. The van der Waals surface area contributed by atoms with Crippen LogP contribution in [0.2, 0.25) is 0 Å². The molecule has 0 aromatic heterocycles. The third-order valence-corrected chi connectivity index (χ3v) is 6.09. The molecule has 0 aliphatic carbocycles. The molecule has 0 spiro atoms. The van der Waals surface area contributed by atoms with E-state index in [-0.39, 0.29) is 12.3 Å². The topological polar surface area (TPSA) is 81.7 Å². The number of benzene rings is 3. The van der Waals surface area contributed by atoms with Crippen LogP contribution in [0.5, 0.6) is 0 Å². The van der Waals surface area contributed by atoms with Gasteiger partial charge >= 0.3 is 5.97 Å². The fourth-order valence-corrected chi connectivity index (χ4v) is 4.35. The molecular formula is C29H30FN3O3. The van der Waals surface area contributed by atoms with Crippen LogP contribution in [-0.2, 0) is 22.4 Å². The third kappa shape index (κ3) is 6.17. The van der Waals surface area contributed by atoms with Crippen molar-refractivity contribution >= 4 is 34.5 Å². The van der Waals surface area contributed by atoms with Gasteiger partial charge in [-0.05, 0) is 93.0 Å². The van der Waals surface area contributed by atoms with Crippen molar-refractivity contribution in [2.45, 2.75) is 25.7 Å². The maximum atomic E-state index is 13.9. The van der Waals surface area contributed by atoms with Crippen LogP contribution in [0.15, 0.2) is 66.7 Å². The molecule has 3 aromatic carbocycles. The number of halogens is 1. The predicted octanol–water partition coefficient (Wildman–Crippen LogP) is 5.27. The molecule has 186 valence electrons.